The fourth-order valence-electron chi connectivity index (χ4n) is 4.05. The molecule has 34 heavy (non-hydrogen) atoms. The van der Waals surface area contributed by atoms with Crippen LogP contribution in [0.15, 0.2) is 71.2 Å². The molecule has 0 saturated carbocycles. The van der Waals surface area contributed by atoms with Crippen molar-refractivity contribution in [1.29, 1.82) is 0 Å². The number of nitrogens with zero attached hydrogens (tertiary/aromatic N) is 3. The molecule has 0 unspecified atom stereocenters. The zero-order valence-corrected chi connectivity index (χ0v) is 20.8. The fourth-order valence-corrected chi connectivity index (χ4v) is 4.70. The van der Waals surface area contributed by atoms with Crippen LogP contribution in [0.5, 0.6) is 5.75 Å². The Balaban J connectivity index is 1.74. The number of Topliss-reactive ketones (excluding diaryl/α,β-unsaturated/α-hetero) is 1. The van der Waals surface area contributed by atoms with Crippen LogP contribution in [0.25, 0.3) is 5.76 Å². The number of hydrogen-bond acceptors (Lipinski definition) is 5. The Morgan fingerprint density at radius 2 is 2.03 bits per heavy atom. The van der Waals surface area contributed by atoms with E-state index < -0.39 is 17.7 Å². The molecule has 176 valence electrons. The first-order valence-corrected chi connectivity index (χ1v) is 12.0. The van der Waals surface area contributed by atoms with Crippen LogP contribution in [0, 0.1) is 0 Å². The third kappa shape index (κ3) is 4.88. The summed E-state index contributed by atoms with van der Waals surface area (Å²) in [7, 11) is 0. The number of likely N-dealkylation sites (tertiary alicyclic amines) is 1. The average molecular weight is 545 g/mol. The minimum absolute atomic E-state index is 0.0333. The molecule has 3 aromatic rings. The molecule has 1 aromatic heterocycles. The number of carbonyl (C=O) groups excluding carboxylic acids is 2. The van der Waals surface area contributed by atoms with Gasteiger partial charge in [-0.3, -0.25) is 9.59 Å². The van der Waals surface area contributed by atoms with E-state index in [9.17, 15) is 14.7 Å². The zero-order valence-electron chi connectivity index (χ0n) is 18.4. The molecule has 1 atom stereocenters. The number of aryl methyl sites for hydroxylation is 1. The average Bonchev–Trinajstić information content (AvgIpc) is 3.42. The summed E-state index contributed by atoms with van der Waals surface area (Å²) in [5.74, 6) is -1.17. The Labute approximate surface area is 210 Å². The third-order valence-corrected chi connectivity index (χ3v) is 6.37. The highest BCUT2D eigenvalue weighted by atomic mass is 79.9. The molecule has 1 amide bonds. The summed E-state index contributed by atoms with van der Waals surface area (Å²) in [5, 5.41) is 11.5. The Morgan fingerprint density at radius 3 is 2.71 bits per heavy atom. The summed E-state index contributed by atoms with van der Waals surface area (Å²) in [6.07, 6.45) is 5.85. The number of aliphatic hydroxyl groups is 1. The van der Waals surface area contributed by atoms with Crippen molar-refractivity contribution in [2.75, 3.05) is 13.2 Å². The van der Waals surface area contributed by atoms with Gasteiger partial charge in [-0.05, 0) is 49.2 Å². The molecule has 1 N–H and O–H groups in total. The number of benzene rings is 2. The number of aliphatic hydroxyl groups excluding tert-OH is 1. The number of hydrogen-bond donors (Lipinski definition) is 1. The predicted octanol–water partition coefficient (Wildman–Crippen LogP) is 5.21. The molecule has 0 bridgehead atoms. The number of ketones is 1. The summed E-state index contributed by atoms with van der Waals surface area (Å²) >= 11 is 9.77. The number of halogens is 2. The highest BCUT2D eigenvalue weighted by Gasteiger charge is 2.45. The third-order valence-electron chi connectivity index (χ3n) is 5.58. The van der Waals surface area contributed by atoms with Crippen molar-refractivity contribution in [2.45, 2.75) is 25.9 Å². The fraction of sp³-hybridized carbons (Fsp3) is 0.240. The van der Waals surface area contributed by atoms with Crippen LogP contribution >= 0.6 is 27.5 Å². The number of amides is 1. The maximum Gasteiger partial charge on any atom is 0.295 e. The first-order chi connectivity index (χ1) is 16.4. The van der Waals surface area contributed by atoms with Gasteiger partial charge in [-0.1, -0.05) is 39.7 Å². The second-order valence-electron chi connectivity index (χ2n) is 7.78. The van der Waals surface area contributed by atoms with Crippen LogP contribution in [0.1, 0.15) is 30.5 Å². The quantitative estimate of drug-likeness (QED) is 0.239. The zero-order chi connectivity index (χ0) is 24.2. The van der Waals surface area contributed by atoms with Crippen LogP contribution in [-0.4, -0.2) is 44.4 Å². The first-order valence-electron chi connectivity index (χ1n) is 10.8. The number of carbonyl (C=O) groups is 2. The summed E-state index contributed by atoms with van der Waals surface area (Å²) in [6.45, 7) is 3.26. The molecular weight excluding hydrogens is 522 g/mol. The normalized spacial score (nSPS) is 17.4. The van der Waals surface area contributed by atoms with Gasteiger partial charge in [0.1, 0.15) is 11.5 Å². The molecular formula is C25H23BrClN3O4. The minimum atomic E-state index is -0.731. The van der Waals surface area contributed by atoms with Gasteiger partial charge in [-0.25, -0.2) is 4.98 Å². The lowest BCUT2D eigenvalue weighted by Gasteiger charge is -2.25. The van der Waals surface area contributed by atoms with Crippen LogP contribution < -0.4 is 4.74 Å². The van der Waals surface area contributed by atoms with Crippen LogP contribution in [0.3, 0.4) is 0 Å². The van der Waals surface area contributed by atoms with Gasteiger partial charge in [0.15, 0.2) is 0 Å². The van der Waals surface area contributed by atoms with E-state index in [1.807, 2.05) is 42.0 Å². The van der Waals surface area contributed by atoms with Crippen LogP contribution in [0.2, 0.25) is 5.02 Å². The SMILES string of the molecule is CCOc1ccc(/C(O)=C2\C(=O)C(=O)N(CCCn3ccnc3)[C@H]2c2cccc(Br)c2)cc1Cl. The summed E-state index contributed by atoms with van der Waals surface area (Å²) in [4.78, 5) is 31.8. The van der Waals surface area contributed by atoms with E-state index in [1.54, 1.807) is 24.7 Å². The van der Waals surface area contributed by atoms with Gasteiger partial charge in [0, 0.05) is 35.5 Å². The van der Waals surface area contributed by atoms with Gasteiger partial charge < -0.3 is 19.3 Å². The molecule has 0 aliphatic carbocycles. The Morgan fingerprint density at radius 1 is 1.21 bits per heavy atom. The summed E-state index contributed by atoms with van der Waals surface area (Å²) < 4.78 is 8.17. The first kappa shape index (κ1) is 24.0. The van der Waals surface area contributed by atoms with Crippen molar-refractivity contribution in [2.24, 2.45) is 0 Å². The highest BCUT2D eigenvalue weighted by Crippen LogP contribution is 2.41. The van der Waals surface area contributed by atoms with Gasteiger partial charge in [0.05, 0.1) is 29.6 Å². The molecule has 7 nitrogen and oxygen atoms in total. The van der Waals surface area contributed by atoms with E-state index in [0.29, 0.717) is 42.5 Å². The van der Waals surface area contributed by atoms with Crippen LogP contribution in [-0.2, 0) is 16.1 Å². The highest BCUT2D eigenvalue weighted by molar-refractivity contribution is 9.10. The van der Waals surface area contributed by atoms with Crippen molar-refractivity contribution in [3.8, 4) is 5.75 Å². The molecule has 1 aliphatic heterocycles. The molecule has 2 aromatic carbocycles. The monoisotopic (exact) mass is 543 g/mol. The van der Waals surface area contributed by atoms with E-state index in [0.717, 1.165) is 10.0 Å². The predicted molar refractivity (Wildman–Crippen MR) is 133 cm³/mol. The second-order valence-corrected chi connectivity index (χ2v) is 9.10. The molecule has 1 fully saturated rings. The van der Waals surface area contributed by atoms with Gasteiger partial charge in [0.2, 0.25) is 0 Å². The van der Waals surface area contributed by atoms with Crippen molar-refractivity contribution in [3.05, 3.63) is 87.4 Å². The molecule has 1 aliphatic rings. The largest absolute Gasteiger partial charge is 0.507 e. The lowest BCUT2D eigenvalue weighted by atomic mass is 9.95. The lowest BCUT2D eigenvalue weighted by molar-refractivity contribution is -0.139. The molecule has 4 rings (SSSR count). The Bertz CT molecular complexity index is 1240. The van der Waals surface area contributed by atoms with Crippen molar-refractivity contribution in [1.82, 2.24) is 14.5 Å². The maximum atomic E-state index is 13.2. The molecule has 0 spiro atoms. The second kappa shape index (κ2) is 10.4. The van der Waals surface area contributed by atoms with E-state index in [2.05, 4.69) is 20.9 Å². The maximum absolute atomic E-state index is 13.2. The number of ether oxygens (including phenoxy) is 1. The lowest BCUT2D eigenvalue weighted by Crippen LogP contribution is -2.31. The summed E-state index contributed by atoms with van der Waals surface area (Å²) in [6, 6.07) is 11.4. The molecule has 1 saturated heterocycles. The minimum Gasteiger partial charge on any atom is -0.507 e. The van der Waals surface area contributed by atoms with E-state index in [-0.39, 0.29) is 11.3 Å². The Hall–Kier alpha value is -3.10. The topological polar surface area (TPSA) is 84.7 Å². The van der Waals surface area contributed by atoms with Crippen molar-refractivity contribution in [3.63, 3.8) is 0 Å². The molecule has 0 radical (unpaired) electrons. The van der Waals surface area contributed by atoms with E-state index in [1.165, 1.54) is 11.0 Å². The molecule has 9 heteroatoms. The number of aromatic nitrogens is 2. The standard InChI is InChI=1S/C25H23BrClN3O4/c1-2-34-20-8-7-17(14-19(20)27)23(31)21-22(16-5-3-6-18(26)13-16)30(25(33)24(21)32)11-4-10-29-12-9-28-15-29/h3,5-9,12-15,22,31H,2,4,10-11H2,1H3/b23-21+/t22-/m0/s1. The van der Waals surface area contributed by atoms with Gasteiger partial charge >= 0.3 is 0 Å². The molecule has 2 heterocycles. The number of rotatable bonds is 8. The van der Waals surface area contributed by atoms with Gasteiger partial charge in [-0.2, -0.15) is 0 Å². The van der Waals surface area contributed by atoms with Crippen molar-refractivity contribution >= 4 is 45.0 Å². The van der Waals surface area contributed by atoms with E-state index >= 15 is 0 Å². The van der Waals surface area contributed by atoms with E-state index in [4.69, 9.17) is 16.3 Å². The number of imidazole rings is 1. The van der Waals surface area contributed by atoms with Gasteiger partial charge in [-0.15, -0.1) is 0 Å². The van der Waals surface area contributed by atoms with Crippen LogP contribution in [0.4, 0.5) is 0 Å². The smallest absolute Gasteiger partial charge is 0.295 e. The summed E-state index contributed by atoms with van der Waals surface area (Å²) in [5.41, 5.74) is 1.09. The Kier molecular flexibility index (Phi) is 7.38. The van der Waals surface area contributed by atoms with Crippen molar-refractivity contribution < 1.29 is 19.4 Å². The van der Waals surface area contributed by atoms with Gasteiger partial charge in [0.25, 0.3) is 11.7 Å².